The van der Waals surface area contributed by atoms with Gasteiger partial charge in [-0.2, -0.15) is 4.98 Å². The van der Waals surface area contributed by atoms with E-state index in [0.717, 1.165) is 19.3 Å². The van der Waals surface area contributed by atoms with Gasteiger partial charge in [0.25, 0.3) is 0 Å². The van der Waals surface area contributed by atoms with Crippen LogP contribution >= 0.6 is 0 Å². The van der Waals surface area contributed by atoms with Crippen molar-refractivity contribution in [3.8, 4) is 0 Å². The van der Waals surface area contributed by atoms with E-state index in [0.29, 0.717) is 37.1 Å². The van der Waals surface area contributed by atoms with Crippen LogP contribution in [0.15, 0.2) is 4.52 Å². The molecule has 1 saturated heterocycles. The van der Waals surface area contributed by atoms with Gasteiger partial charge in [0.15, 0.2) is 5.82 Å². The lowest BCUT2D eigenvalue weighted by Gasteiger charge is -2.38. The fourth-order valence-corrected chi connectivity index (χ4v) is 4.32. The van der Waals surface area contributed by atoms with Gasteiger partial charge in [0.05, 0.1) is 12.0 Å². The fourth-order valence-electron chi connectivity index (χ4n) is 4.32. The van der Waals surface area contributed by atoms with Crippen molar-refractivity contribution in [3.05, 3.63) is 11.7 Å². The van der Waals surface area contributed by atoms with Gasteiger partial charge in [-0.15, -0.1) is 0 Å². The highest BCUT2D eigenvalue weighted by Gasteiger charge is 2.39. The predicted molar refractivity (Wildman–Crippen MR) is 94.2 cm³/mol. The molecule has 0 bridgehead atoms. The number of piperidine rings is 1. The van der Waals surface area contributed by atoms with Crippen LogP contribution in [-0.4, -0.2) is 46.0 Å². The maximum atomic E-state index is 12.7. The van der Waals surface area contributed by atoms with Gasteiger partial charge >= 0.3 is 0 Å². The van der Waals surface area contributed by atoms with E-state index in [2.05, 4.69) is 15.5 Å². The first-order valence-corrected chi connectivity index (χ1v) is 9.98. The fraction of sp³-hybridized carbons (Fsp3) is 0.789. The highest BCUT2D eigenvalue weighted by molar-refractivity contribution is 5.81. The minimum Gasteiger partial charge on any atom is -0.351 e. The Morgan fingerprint density at radius 3 is 2.62 bits per heavy atom. The Labute approximate surface area is 153 Å². The van der Waals surface area contributed by atoms with Crippen LogP contribution in [0.4, 0.5) is 0 Å². The largest absolute Gasteiger partial charge is 0.351 e. The van der Waals surface area contributed by atoms with Gasteiger partial charge in [-0.3, -0.25) is 9.59 Å². The molecule has 3 fully saturated rings. The second-order valence-corrected chi connectivity index (χ2v) is 8.16. The Morgan fingerprint density at radius 1 is 1.19 bits per heavy atom. The van der Waals surface area contributed by atoms with Crippen LogP contribution < -0.4 is 5.32 Å². The summed E-state index contributed by atoms with van der Waals surface area (Å²) in [6.07, 6.45) is 8.16. The minimum absolute atomic E-state index is 0.0190. The molecule has 0 aromatic carbocycles. The van der Waals surface area contributed by atoms with Crippen LogP contribution in [0.3, 0.4) is 0 Å². The average molecular weight is 360 g/mol. The molecule has 1 aliphatic heterocycles. The summed E-state index contributed by atoms with van der Waals surface area (Å²) >= 11 is 0. The molecule has 2 amide bonds. The van der Waals surface area contributed by atoms with Gasteiger partial charge in [0.1, 0.15) is 0 Å². The smallest absolute Gasteiger partial charge is 0.231 e. The molecule has 4 rings (SSSR count). The van der Waals surface area contributed by atoms with E-state index < -0.39 is 0 Å². The Balaban J connectivity index is 1.43. The molecule has 3 aliphatic rings. The summed E-state index contributed by atoms with van der Waals surface area (Å²) in [7, 11) is 0. The van der Waals surface area contributed by atoms with Gasteiger partial charge in [-0.25, -0.2) is 0 Å². The molecule has 1 N–H and O–H groups in total. The molecular formula is C19H28N4O3. The van der Waals surface area contributed by atoms with Crippen molar-refractivity contribution >= 4 is 11.8 Å². The van der Waals surface area contributed by atoms with Crippen molar-refractivity contribution in [2.45, 2.75) is 70.3 Å². The first-order valence-electron chi connectivity index (χ1n) is 9.98. The van der Waals surface area contributed by atoms with Crippen molar-refractivity contribution in [1.29, 1.82) is 0 Å². The van der Waals surface area contributed by atoms with Crippen molar-refractivity contribution in [2.24, 2.45) is 11.8 Å². The van der Waals surface area contributed by atoms with E-state index in [1.54, 1.807) is 6.92 Å². The second-order valence-electron chi connectivity index (χ2n) is 8.16. The number of carbonyl (C=O) groups excluding carboxylic acids is 2. The first kappa shape index (κ1) is 17.5. The molecule has 7 heteroatoms. The first-order chi connectivity index (χ1) is 12.6. The third-order valence-corrected chi connectivity index (χ3v) is 6.04. The predicted octanol–water partition coefficient (Wildman–Crippen LogP) is 2.17. The molecule has 0 radical (unpaired) electrons. The summed E-state index contributed by atoms with van der Waals surface area (Å²) in [5, 5.41) is 7.05. The molecule has 2 heterocycles. The third kappa shape index (κ3) is 3.91. The number of rotatable bonds is 5. The third-order valence-electron chi connectivity index (χ3n) is 6.04. The number of nitrogens with one attached hydrogen (secondary N) is 1. The van der Waals surface area contributed by atoms with Crippen LogP contribution in [0.25, 0.3) is 0 Å². The molecular weight excluding hydrogens is 332 g/mol. The standard InChI is InChI=1S/C19H28N4O3/c1-12-20-19(26-22-12)15-8-9-23(17(24)10-13-4-2-3-5-13)11-16(15)21-18(25)14-6-7-14/h13-16H,2-11H2,1H3,(H,21,25). The van der Waals surface area contributed by atoms with Crippen molar-refractivity contribution in [3.63, 3.8) is 0 Å². The van der Waals surface area contributed by atoms with Gasteiger partial charge < -0.3 is 14.7 Å². The molecule has 7 nitrogen and oxygen atoms in total. The minimum atomic E-state index is -0.149. The second kappa shape index (κ2) is 7.37. The molecule has 26 heavy (non-hydrogen) atoms. The normalized spacial score (nSPS) is 26.9. The van der Waals surface area contributed by atoms with Gasteiger partial charge in [-0.05, 0) is 44.9 Å². The highest BCUT2D eigenvalue weighted by atomic mass is 16.5. The zero-order valence-electron chi connectivity index (χ0n) is 15.4. The van der Waals surface area contributed by atoms with Crippen LogP contribution in [0.1, 0.15) is 69.0 Å². The Bertz CT molecular complexity index is 663. The van der Waals surface area contributed by atoms with E-state index in [1.807, 2.05) is 4.90 Å². The van der Waals surface area contributed by atoms with Gasteiger partial charge in [0, 0.05) is 25.4 Å². The number of hydrogen-bond acceptors (Lipinski definition) is 5. The number of nitrogens with zero attached hydrogens (tertiary/aromatic N) is 3. The zero-order valence-corrected chi connectivity index (χ0v) is 15.4. The van der Waals surface area contributed by atoms with Gasteiger partial charge in [-0.1, -0.05) is 18.0 Å². The average Bonchev–Trinajstić information content (AvgIpc) is 3.20. The summed E-state index contributed by atoms with van der Waals surface area (Å²) < 4.78 is 5.38. The monoisotopic (exact) mass is 360 g/mol. The number of hydrogen-bond donors (Lipinski definition) is 1. The number of carbonyl (C=O) groups is 2. The lowest BCUT2D eigenvalue weighted by atomic mass is 9.90. The maximum Gasteiger partial charge on any atom is 0.231 e. The summed E-state index contributed by atoms with van der Waals surface area (Å²) in [5.74, 6) is 2.17. The summed E-state index contributed by atoms with van der Waals surface area (Å²) in [5.41, 5.74) is 0. The van der Waals surface area contributed by atoms with Crippen molar-refractivity contribution < 1.29 is 14.1 Å². The molecule has 142 valence electrons. The molecule has 2 unspecified atom stereocenters. The number of amides is 2. The molecule has 2 atom stereocenters. The Kier molecular flexibility index (Phi) is 4.96. The summed E-state index contributed by atoms with van der Waals surface area (Å²) in [6, 6.07) is -0.149. The molecule has 1 aromatic heterocycles. The van der Waals surface area contributed by atoms with Crippen LogP contribution in [0.2, 0.25) is 0 Å². The Hall–Kier alpha value is -1.92. The molecule has 2 saturated carbocycles. The van der Waals surface area contributed by atoms with Crippen molar-refractivity contribution in [2.75, 3.05) is 13.1 Å². The summed E-state index contributed by atoms with van der Waals surface area (Å²) in [6.45, 7) is 3.02. The number of aryl methyl sites for hydroxylation is 1. The van der Waals surface area contributed by atoms with Crippen LogP contribution in [0.5, 0.6) is 0 Å². The lowest BCUT2D eigenvalue weighted by molar-refractivity contribution is -0.135. The van der Waals surface area contributed by atoms with E-state index in [-0.39, 0.29) is 29.7 Å². The van der Waals surface area contributed by atoms with Gasteiger partial charge in [0.2, 0.25) is 17.7 Å². The van der Waals surface area contributed by atoms with E-state index in [9.17, 15) is 9.59 Å². The topological polar surface area (TPSA) is 88.3 Å². The molecule has 2 aliphatic carbocycles. The van der Waals surface area contributed by atoms with Crippen LogP contribution in [0, 0.1) is 18.8 Å². The highest BCUT2D eigenvalue weighted by Crippen LogP contribution is 2.33. The summed E-state index contributed by atoms with van der Waals surface area (Å²) in [4.78, 5) is 31.4. The van der Waals surface area contributed by atoms with E-state index in [4.69, 9.17) is 4.52 Å². The molecule has 0 spiro atoms. The van der Waals surface area contributed by atoms with E-state index >= 15 is 0 Å². The SMILES string of the molecule is Cc1noc(C2CCN(C(=O)CC3CCCC3)CC2NC(=O)C2CC2)n1. The van der Waals surface area contributed by atoms with Crippen molar-refractivity contribution in [1.82, 2.24) is 20.4 Å². The lowest BCUT2D eigenvalue weighted by Crippen LogP contribution is -2.53. The Morgan fingerprint density at radius 2 is 1.96 bits per heavy atom. The number of likely N-dealkylation sites (tertiary alicyclic amines) is 1. The van der Waals surface area contributed by atoms with E-state index in [1.165, 1.54) is 25.7 Å². The zero-order chi connectivity index (χ0) is 18.1. The number of aromatic nitrogens is 2. The van der Waals surface area contributed by atoms with Crippen LogP contribution in [-0.2, 0) is 9.59 Å². The molecule has 1 aromatic rings. The maximum absolute atomic E-state index is 12.7. The quantitative estimate of drug-likeness (QED) is 0.869.